The molecule has 2 aromatic rings. The molecule has 0 spiro atoms. The fourth-order valence-electron chi connectivity index (χ4n) is 2.41. The molecule has 128 valence electrons. The van der Waals surface area contributed by atoms with Gasteiger partial charge in [-0.15, -0.1) is 0 Å². The molecule has 5 nitrogen and oxygen atoms in total. The molecule has 0 saturated carbocycles. The van der Waals surface area contributed by atoms with Crippen LogP contribution in [0.1, 0.15) is 17.5 Å². The minimum atomic E-state index is -3.92. The predicted octanol–water partition coefficient (Wildman–Crippen LogP) is 2.29. The van der Waals surface area contributed by atoms with Gasteiger partial charge in [0.1, 0.15) is 0 Å². The van der Waals surface area contributed by atoms with E-state index in [1.807, 2.05) is 19.9 Å². The van der Waals surface area contributed by atoms with Crippen molar-refractivity contribution in [3.63, 3.8) is 0 Å². The number of carbonyl (C=O) groups is 1. The highest BCUT2D eigenvalue weighted by atomic mass is 35.5. The van der Waals surface area contributed by atoms with Gasteiger partial charge in [-0.25, -0.2) is 8.42 Å². The van der Waals surface area contributed by atoms with Crippen LogP contribution in [0.15, 0.2) is 47.4 Å². The number of anilines is 1. The van der Waals surface area contributed by atoms with E-state index in [0.29, 0.717) is 10.7 Å². The highest BCUT2D eigenvalue weighted by molar-refractivity contribution is 7.92. The van der Waals surface area contributed by atoms with Gasteiger partial charge < -0.3 is 9.90 Å². The number of carbonyl (C=O) groups excluding carboxylic acids is 1. The van der Waals surface area contributed by atoms with Crippen molar-refractivity contribution >= 4 is 33.3 Å². The zero-order chi connectivity index (χ0) is 17.9. The van der Waals surface area contributed by atoms with Gasteiger partial charge in [-0.3, -0.25) is 4.31 Å². The lowest BCUT2D eigenvalue weighted by Crippen LogP contribution is -2.35. The molecular formula is C17H17ClNO4S-. The third kappa shape index (κ3) is 4.27. The van der Waals surface area contributed by atoms with E-state index in [1.165, 1.54) is 24.3 Å². The molecule has 0 unspecified atom stereocenters. The minimum absolute atomic E-state index is 0.0457. The molecular weight excluding hydrogens is 350 g/mol. The van der Waals surface area contributed by atoms with Crippen LogP contribution < -0.4 is 9.41 Å². The molecule has 0 saturated heterocycles. The van der Waals surface area contributed by atoms with Gasteiger partial charge >= 0.3 is 0 Å². The number of rotatable bonds is 6. The van der Waals surface area contributed by atoms with Crippen molar-refractivity contribution in [1.29, 1.82) is 0 Å². The molecule has 2 rings (SSSR count). The van der Waals surface area contributed by atoms with Gasteiger partial charge in [0.25, 0.3) is 10.0 Å². The highest BCUT2D eigenvalue weighted by Gasteiger charge is 2.25. The Morgan fingerprint density at radius 1 is 1.08 bits per heavy atom. The summed E-state index contributed by atoms with van der Waals surface area (Å²) in [6.07, 6.45) is -0.403. The zero-order valence-electron chi connectivity index (χ0n) is 13.3. The molecule has 0 N–H and O–H groups in total. The first-order chi connectivity index (χ1) is 11.2. The Hall–Kier alpha value is -2.05. The lowest BCUT2D eigenvalue weighted by molar-refractivity contribution is -0.305. The fraction of sp³-hybridized carbons (Fsp3) is 0.235. The molecule has 0 bridgehead atoms. The molecule has 0 aliphatic carbocycles. The molecule has 7 heteroatoms. The summed E-state index contributed by atoms with van der Waals surface area (Å²) >= 11 is 5.81. The van der Waals surface area contributed by atoms with Crippen LogP contribution in [-0.4, -0.2) is 20.9 Å². The first-order valence-electron chi connectivity index (χ1n) is 7.26. The Morgan fingerprint density at radius 2 is 1.62 bits per heavy atom. The maximum atomic E-state index is 12.9. The van der Waals surface area contributed by atoms with Crippen molar-refractivity contribution in [1.82, 2.24) is 0 Å². The fourth-order valence-corrected chi connectivity index (χ4v) is 3.98. The molecule has 0 heterocycles. The van der Waals surface area contributed by atoms with Gasteiger partial charge in [-0.1, -0.05) is 17.7 Å². The van der Waals surface area contributed by atoms with Crippen molar-refractivity contribution in [2.45, 2.75) is 25.2 Å². The smallest absolute Gasteiger partial charge is 0.264 e. The number of carboxylic acid groups (broad SMARTS) is 1. The van der Waals surface area contributed by atoms with Gasteiger partial charge in [0, 0.05) is 24.0 Å². The number of hydrogen-bond acceptors (Lipinski definition) is 4. The van der Waals surface area contributed by atoms with E-state index >= 15 is 0 Å². The summed E-state index contributed by atoms with van der Waals surface area (Å²) in [4.78, 5) is 10.9. The second-order valence-electron chi connectivity index (χ2n) is 5.50. The summed E-state index contributed by atoms with van der Waals surface area (Å²) in [5, 5.41) is 11.2. The van der Waals surface area contributed by atoms with E-state index in [2.05, 4.69) is 0 Å². The van der Waals surface area contributed by atoms with Crippen LogP contribution in [0.4, 0.5) is 5.69 Å². The molecule has 0 atom stereocenters. The number of benzene rings is 2. The average molecular weight is 367 g/mol. The second-order valence-corrected chi connectivity index (χ2v) is 7.80. The third-order valence-electron chi connectivity index (χ3n) is 3.42. The maximum absolute atomic E-state index is 12.9. The van der Waals surface area contributed by atoms with Gasteiger partial charge in [-0.05, 0) is 61.4 Å². The lowest BCUT2D eigenvalue weighted by Gasteiger charge is -2.25. The molecule has 0 aliphatic rings. The van der Waals surface area contributed by atoms with E-state index in [0.717, 1.165) is 15.4 Å². The Bertz CT molecular complexity index is 827. The molecule has 0 aliphatic heterocycles. The van der Waals surface area contributed by atoms with Crippen LogP contribution in [0, 0.1) is 13.8 Å². The van der Waals surface area contributed by atoms with Crippen molar-refractivity contribution < 1.29 is 18.3 Å². The summed E-state index contributed by atoms with van der Waals surface area (Å²) in [5.74, 6) is -1.31. The van der Waals surface area contributed by atoms with Gasteiger partial charge in [-0.2, -0.15) is 0 Å². The molecule has 0 aromatic heterocycles. The second kappa shape index (κ2) is 7.23. The van der Waals surface area contributed by atoms with Crippen LogP contribution in [-0.2, 0) is 14.8 Å². The largest absolute Gasteiger partial charge is 0.550 e. The maximum Gasteiger partial charge on any atom is 0.264 e. The quantitative estimate of drug-likeness (QED) is 0.785. The number of halogens is 1. The average Bonchev–Trinajstić information content (AvgIpc) is 2.46. The first-order valence-corrected chi connectivity index (χ1v) is 9.08. The standard InChI is InChI=1S/C17H18ClNO4S/c1-12-9-13(2)11-15(10-12)19(8-7-17(20)21)24(22,23)16-5-3-14(18)4-6-16/h3-6,9-11H,7-8H2,1-2H3,(H,20,21)/p-1. The summed E-state index contributed by atoms with van der Waals surface area (Å²) in [5.41, 5.74) is 2.19. The number of aliphatic carboxylic acids is 1. The van der Waals surface area contributed by atoms with E-state index in [9.17, 15) is 18.3 Å². The van der Waals surface area contributed by atoms with Gasteiger partial charge in [0.15, 0.2) is 0 Å². The number of hydrogen-bond donors (Lipinski definition) is 0. The first kappa shape index (κ1) is 18.3. The molecule has 0 fully saturated rings. The van der Waals surface area contributed by atoms with Crippen LogP contribution in [0.5, 0.6) is 0 Å². The van der Waals surface area contributed by atoms with Crippen LogP contribution in [0.25, 0.3) is 0 Å². The molecule has 2 aromatic carbocycles. The lowest BCUT2D eigenvalue weighted by atomic mass is 10.1. The van der Waals surface area contributed by atoms with Gasteiger partial charge in [0.2, 0.25) is 0 Å². The summed E-state index contributed by atoms with van der Waals surface area (Å²) in [6.45, 7) is 3.49. The number of carboxylic acids is 1. The summed E-state index contributed by atoms with van der Waals surface area (Å²) in [6, 6.07) is 11.1. The van der Waals surface area contributed by atoms with Crippen molar-refractivity contribution in [2.24, 2.45) is 0 Å². The van der Waals surface area contributed by atoms with Crippen molar-refractivity contribution in [3.8, 4) is 0 Å². The topological polar surface area (TPSA) is 77.5 Å². The Morgan fingerprint density at radius 3 is 2.12 bits per heavy atom. The van der Waals surface area contributed by atoms with Crippen LogP contribution in [0.3, 0.4) is 0 Å². The normalized spacial score (nSPS) is 11.3. The zero-order valence-corrected chi connectivity index (χ0v) is 14.9. The van der Waals surface area contributed by atoms with Crippen LogP contribution in [0.2, 0.25) is 5.02 Å². The Labute approximate surface area is 146 Å². The Kier molecular flexibility index (Phi) is 5.51. The molecule has 24 heavy (non-hydrogen) atoms. The summed E-state index contributed by atoms with van der Waals surface area (Å²) in [7, 11) is -3.92. The summed E-state index contributed by atoms with van der Waals surface area (Å²) < 4.78 is 27.0. The van der Waals surface area contributed by atoms with Gasteiger partial charge in [0.05, 0.1) is 10.6 Å². The monoisotopic (exact) mass is 366 g/mol. The SMILES string of the molecule is Cc1cc(C)cc(N(CCC(=O)[O-])S(=O)(=O)c2ccc(Cl)cc2)c1. The molecule has 0 radical (unpaired) electrons. The molecule has 0 amide bonds. The number of sulfonamides is 1. The number of aryl methyl sites for hydroxylation is 2. The van der Waals surface area contributed by atoms with Crippen molar-refractivity contribution in [3.05, 3.63) is 58.6 Å². The Balaban J connectivity index is 2.52. The van der Waals surface area contributed by atoms with Crippen molar-refractivity contribution in [2.75, 3.05) is 10.8 Å². The van der Waals surface area contributed by atoms with Crippen LogP contribution >= 0.6 is 11.6 Å². The highest BCUT2D eigenvalue weighted by Crippen LogP contribution is 2.26. The number of nitrogens with zero attached hydrogens (tertiary/aromatic N) is 1. The van der Waals surface area contributed by atoms with E-state index in [-0.39, 0.29) is 11.4 Å². The van der Waals surface area contributed by atoms with E-state index in [4.69, 9.17) is 11.6 Å². The third-order valence-corrected chi connectivity index (χ3v) is 5.51. The minimum Gasteiger partial charge on any atom is -0.550 e. The van der Waals surface area contributed by atoms with E-state index in [1.54, 1.807) is 12.1 Å². The van der Waals surface area contributed by atoms with E-state index < -0.39 is 22.4 Å². The predicted molar refractivity (Wildman–Crippen MR) is 91.5 cm³/mol.